The summed E-state index contributed by atoms with van der Waals surface area (Å²) >= 11 is 0. The Hall–Kier alpha value is -1.79. The number of β-amino-alcohol motifs (C(OH)–C–C–N with tert-alkyl or cyclic N) is 1. The number of nitro benzene ring substituents is 1. The third-order valence-corrected chi connectivity index (χ3v) is 6.78. The van der Waals surface area contributed by atoms with Gasteiger partial charge in [0.05, 0.1) is 29.6 Å². The smallest absolute Gasteiger partial charge is 0.293 e. The number of nitro groups is 1. The predicted octanol–water partition coefficient (Wildman–Crippen LogP) is -0.270. The normalized spacial score (nSPS) is 20.0. The summed E-state index contributed by atoms with van der Waals surface area (Å²) in [7, 11) is -3.79. The van der Waals surface area contributed by atoms with Gasteiger partial charge in [0.2, 0.25) is 10.0 Å². The Labute approximate surface area is 158 Å². The number of benzene rings is 1. The maximum Gasteiger partial charge on any atom is 0.293 e. The molecule has 0 unspecified atom stereocenters. The standard InChI is InChI=1S/C16H24N4O6S/c21-10-7-17-3-5-18(6-4-17)15-2-1-14(13-16(15)20(22)23)27(24,25)19-8-11-26-12-9-19/h1-2,13,21H,3-12H2. The maximum atomic E-state index is 12.8. The van der Waals surface area contributed by atoms with E-state index in [1.807, 2.05) is 4.90 Å². The van der Waals surface area contributed by atoms with E-state index in [1.165, 1.54) is 16.4 Å². The maximum absolute atomic E-state index is 12.8. The summed E-state index contributed by atoms with van der Waals surface area (Å²) in [5.74, 6) is 0. The van der Waals surface area contributed by atoms with Gasteiger partial charge < -0.3 is 14.7 Å². The van der Waals surface area contributed by atoms with Gasteiger partial charge >= 0.3 is 0 Å². The highest BCUT2D eigenvalue weighted by Crippen LogP contribution is 2.32. The predicted molar refractivity (Wildman–Crippen MR) is 98.4 cm³/mol. The Morgan fingerprint density at radius 1 is 1.11 bits per heavy atom. The molecule has 0 radical (unpaired) electrons. The number of aliphatic hydroxyl groups is 1. The zero-order valence-electron chi connectivity index (χ0n) is 15.0. The lowest BCUT2D eigenvalue weighted by Crippen LogP contribution is -2.47. The fourth-order valence-corrected chi connectivity index (χ4v) is 4.80. The lowest BCUT2D eigenvalue weighted by molar-refractivity contribution is -0.384. The number of aliphatic hydroxyl groups excluding tert-OH is 1. The van der Waals surface area contributed by atoms with Crippen molar-refractivity contribution < 1.29 is 23.2 Å². The number of hydrogen-bond donors (Lipinski definition) is 1. The Balaban J connectivity index is 1.84. The van der Waals surface area contributed by atoms with Gasteiger partial charge in [-0.2, -0.15) is 4.31 Å². The molecular formula is C16H24N4O6S. The third-order valence-electron chi connectivity index (χ3n) is 4.88. The first-order valence-corrected chi connectivity index (χ1v) is 10.3. The highest BCUT2D eigenvalue weighted by molar-refractivity contribution is 7.89. The molecular weight excluding hydrogens is 376 g/mol. The van der Waals surface area contributed by atoms with E-state index < -0.39 is 14.9 Å². The quantitative estimate of drug-likeness (QED) is 0.512. The second-order valence-corrected chi connectivity index (χ2v) is 8.41. The summed E-state index contributed by atoms with van der Waals surface area (Å²) in [6.45, 7) is 4.30. The lowest BCUT2D eigenvalue weighted by atomic mass is 10.2. The molecule has 150 valence electrons. The molecule has 2 saturated heterocycles. The molecule has 1 aromatic rings. The Morgan fingerprint density at radius 2 is 1.78 bits per heavy atom. The van der Waals surface area contributed by atoms with Gasteiger partial charge in [0.15, 0.2) is 0 Å². The van der Waals surface area contributed by atoms with Crippen LogP contribution in [0.25, 0.3) is 0 Å². The van der Waals surface area contributed by atoms with Crippen LogP contribution >= 0.6 is 0 Å². The van der Waals surface area contributed by atoms with Crippen LogP contribution in [0, 0.1) is 10.1 Å². The van der Waals surface area contributed by atoms with Crippen LogP contribution < -0.4 is 4.90 Å². The number of nitrogens with zero attached hydrogens (tertiary/aromatic N) is 4. The average molecular weight is 400 g/mol. The zero-order valence-corrected chi connectivity index (χ0v) is 15.8. The van der Waals surface area contributed by atoms with Crippen molar-refractivity contribution in [1.82, 2.24) is 9.21 Å². The largest absolute Gasteiger partial charge is 0.395 e. The molecule has 1 aromatic carbocycles. The topological polar surface area (TPSA) is 116 Å². The van der Waals surface area contributed by atoms with Crippen LogP contribution in [0.15, 0.2) is 23.1 Å². The van der Waals surface area contributed by atoms with Crippen LogP contribution in [0.3, 0.4) is 0 Å². The van der Waals surface area contributed by atoms with Crippen molar-refractivity contribution in [2.24, 2.45) is 0 Å². The number of hydrogen-bond acceptors (Lipinski definition) is 8. The number of anilines is 1. The second kappa shape index (κ2) is 8.48. The van der Waals surface area contributed by atoms with E-state index in [9.17, 15) is 18.5 Å². The Kier molecular flexibility index (Phi) is 6.27. The Morgan fingerprint density at radius 3 is 2.37 bits per heavy atom. The lowest BCUT2D eigenvalue weighted by Gasteiger charge is -2.35. The van der Waals surface area contributed by atoms with Crippen LogP contribution in [0.4, 0.5) is 11.4 Å². The first-order valence-electron chi connectivity index (χ1n) is 8.88. The van der Waals surface area contributed by atoms with Crippen molar-refractivity contribution in [1.29, 1.82) is 0 Å². The molecule has 2 heterocycles. The molecule has 0 amide bonds. The van der Waals surface area contributed by atoms with E-state index in [2.05, 4.69) is 4.90 Å². The minimum Gasteiger partial charge on any atom is -0.395 e. The molecule has 10 nitrogen and oxygen atoms in total. The fraction of sp³-hybridized carbons (Fsp3) is 0.625. The molecule has 0 aliphatic carbocycles. The van der Waals surface area contributed by atoms with Crippen molar-refractivity contribution in [3.8, 4) is 0 Å². The third kappa shape index (κ3) is 4.38. The summed E-state index contributed by atoms with van der Waals surface area (Å²) in [6, 6.07) is 4.11. The summed E-state index contributed by atoms with van der Waals surface area (Å²) in [4.78, 5) is 15.0. The molecule has 1 N–H and O–H groups in total. The molecule has 11 heteroatoms. The monoisotopic (exact) mass is 400 g/mol. The summed E-state index contributed by atoms with van der Waals surface area (Å²) in [6.07, 6.45) is 0. The fourth-order valence-electron chi connectivity index (χ4n) is 3.37. The number of morpholine rings is 1. The van der Waals surface area contributed by atoms with E-state index >= 15 is 0 Å². The zero-order chi connectivity index (χ0) is 19.4. The van der Waals surface area contributed by atoms with Crippen molar-refractivity contribution >= 4 is 21.4 Å². The summed E-state index contributed by atoms with van der Waals surface area (Å²) in [5.41, 5.74) is 0.213. The molecule has 0 aromatic heterocycles. The van der Waals surface area contributed by atoms with Crippen LogP contribution in [0.2, 0.25) is 0 Å². The van der Waals surface area contributed by atoms with E-state index in [0.717, 1.165) is 6.07 Å². The number of piperazine rings is 1. The number of ether oxygens (including phenoxy) is 1. The van der Waals surface area contributed by atoms with E-state index in [0.29, 0.717) is 51.6 Å². The van der Waals surface area contributed by atoms with Gasteiger partial charge in [-0.3, -0.25) is 15.0 Å². The Bertz CT molecular complexity index is 773. The molecule has 2 aliphatic rings. The van der Waals surface area contributed by atoms with Gasteiger partial charge in [-0.05, 0) is 12.1 Å². The molecule has 0 saturated carbocycles. The minimum absolute atomic E-state index is 0.0706. The highest BCUT2D eigenvalue weighted by Gasteiger charge is 2.30. The van der Waals surface area contributed by atoms with Gasteiger partial charge in [-0.15, -0.1) is 0 Å². The van der Waals surface area contributed by atoms with E-state index in [4.69, 9.17) is 9.84 Å². The highest BCUT2D eigenvalue weighted by atomic mass is 32.2. The van der Waals surface area contributed by atoms with Crippen LogP contribution in [-0.4, -0.2) is 93.3 Å². The van der Waals surface area contributed by atoms with Crippen molar-refractivity contribution in [3.05, 3.63) is 28.3 Å². The number of sulfonamides is 1. The summed E-state index contributed by atoms with van der Waals surface area (Å²) < 4.78 is 32.0. The van der Waals surface area contributed by atoms with Crippen LogP contribution in [-0.2, 0) is 14.8 Å². The van der Waals surface area contributed by atoms with Gasteiger partial charge in [0.25, 0.3) is 5.69 Å². The molecule has 0 atom stereocenters. The summed E-state index contributed by atoms with van der Waals surface area (Å²) in [5, 5.41) is 20.6. The molecule has 0 bridgehead atoms. The van der Waals surface area contributed by atoms with E-state index in [-0.39, 0.29) is 30.3 Å². The molecule has 2 aliphatic heterocycles. The first kappa shape index (κ1) is 20.0. The van der Waals surface area contributed by atoms with Gasteiger partial charge in [-0.1, -0.05) is 0 Å². The van der Waals surface area contributed by atoms with Crippen molar-refractivity contribution in [3.63, 3.8) is 0 Å². The van der Waals surface area contributed by atoms with Gasteiger partial charge in [0, 0.05) is 51.9 Å². The second-order valence-electron chi connectivity index (χ2n) is 6.48. The molecule has 27 heavy (non-hydrogen) atoms. The molecule has 0 spiro atoms. The average Bonchev–Trinajstić information content (AvgIpc) is 2.69. The number of rotatable bonds is 6. The minimum atomic E-state index is -3.79. The van der Waals surface area contributed by atoms with Crippen LogP contribution in [0.5, 0.6) is 0 Å². The van der Waals surface area contributed by atoms with Crippen molar-refractivity contribution in [2.75, 3.05) is 70.5 Å². The van der Waals surface area contributed by atoms with Crippen LogP contribution in [0.1, 0.15) is 0 Å². The van der Waals surface area contributed by atoms with Gasteiger partial charge in [0.1, 0.15) is 5.69 Å². The molecule has 2 fully saturated rings. The van der Waals surface area contributed by atoms with E-state index in [1.54, 1.807) is 0 Å². The van der Waals surface area contributed by atoms with Crippen molar-refractivity contribution in [2.45, 2.75) is 4.90 Å². The first-order chi connectivity index (χ1) is 12.9. The molecule has 3 rings (SSSR count). The SMILES string of the molecule is O=[N+]([O-])c1cc(S(=O)(=O)N2CCOCC2)ccc1N1CCN(CCO)CC1. The van der Waals surface area contributed by atoms with Gasteiger partial charge in [-0.25, -0.2) is 8.42 Å².